The smallest absolute Gasteiger partial charge is 0.336 e. The molecular weight excluding hydrogens is 1020 g/mol. The summed E-state index contributed by atoms with van der Waals surface area (Å²) in [6.07, 6.45) is -25.7. The van der Waals surface area contributed by atoms with Gasteiger partial charge in [0, 0.05) is 18.3 Å². The Labute approximate surface area is 445 Å². The van der Waals surface area contributed by atoms with Gasteiger partial charge in [0.1, 0.15) is 104 Å². The lowest BCUT2D eigenvalue weighted by Crippen LogP contribution is -2.62. The molecule has 25 nitrogen and oxygen atoms in total. The van der Waals surface area contributed by atoms with Crippen molar-refractivity contribution >= 4 is 5.97 Å². The van der Waals surface area contributed by atoms with Gasteiger partial charge in [0.05, 0.1) is 50.8 Å². The van der Waals surface area contributed by atoms with Gasteiger partial charge in [0.15, 0.2) is 25.2 Å². The lowest BCUT2D eigenvalue weighted by atomic mass is 9.46. The van der Waals surface area contributed by atoms with Crippen molar-refractivity contribution < 1.29 is 124 Å². The lowest BCUT2D eigenvalue weighted by Gasteiger charge is -2.60. The van der Waals surface area contributed by atoms with Crippen LogP contribution in [0.4, 0.5) is 0 Å². The van der Waals surface area contributed by atoms with Gasteiger partial charge >= 0.3 is 5.97 Å². The molecule has 25 heteroatoms. The van der Waals surface area contributed by atoms with Gasteiger partial charge in [-0.3, -0.25) is 0 Å². The van der Waals surface area contributed by atoms with Crippen LogP contribution in [0.25, 0.3) is 0 Å². The number of hydrogen-bond acceptors (Lipinski definition) is 25. The molecule has 0 aromatic rings. The molecule has 7 fully saturated rings. The molecule has 0 unspecified atom stereocenters. The van der Waals surface area contributed by atoms with Crippen LogP contribution in [0.1, 0.15) is 79.1 Å². The van der Waals surface area contributed by atoms with E-state index in [-0.39, 0.29) is 47.7 Å². The Hall–Kier alpha value is -1.97. The molecule has 5 aliphatic heterocycles. The van der Waals surface area contributed by atoms with E-state index in [9.17, 15) is 81.4 Å². The van der Waals surface area contributed by atoms with Crippen LogP contribution >= 0.6 is 0 Å². The van der Waals surface area contributed by atoms with Crippen LogP contribution in [-0.2, 0) is 47.4 Å². The predicted molar refractivity (Wildman–Crippen MR) is 257 cm³/mol. The Bertz CT molecular complexity index is 2100. The van der Waals surface area contributed by atoms with E-state index < -0.39 is 179 Å². The Morgan fingerprint density at radius 3 is 1.64 bits per heavy atom. The summed E-state index contributed by atoms with van der Waals surface area (Å²) in [7, 11) is 0. The SMILES string of the molecule is CC1=C(CO[C@H]2O[C@@H](CO[C@H]3O[C@@H](CO)[C@H](O)[C@@H](O)[C@@H]3O)[C@H](O)[C@@H](O)[C@@H]2O)C(=O)O[C@H]([C@H](C)[C@@H]2CC[C@H]3[C@@H]4CC=C5C[C@H](O[C@H]6O[C@@H](CO[C@H]7O[C@@H](CO)[C@H](O)[C@@H](O)[C@@H]7O)[C@H](O)[C@@H](O)[C@@H]6O)C[C@@H](O)[C@@]5(C)[C@@H]4CC[C@@]23C)C1. The van der Waals surface area contributed by atoms with Crippen molar-refractivity contribution in [1.82, 2.24) is 0 Å². The molecule has 3 saturated carbocycles. The largest absolute Gasteiger partial charge is 0.458 e. The predicted octanol–water partition coefficient (Wildman–Crippen LogP) is -4.55. The second kappa shape index (κ2) is 23.7. The number of carbonyl (C=O) groups excluding carboxylic acids is 1. The summed E-state index contributed by atoms with van der Waals surface area (Å²) in [6.45, 7) is 5.66. The number of rotatable bonds is 15. The minimum atomic E-state index is -1.77. The average Bonchev–Trinajstić information content (AvgIpc) is 4.06. The quantitative estimate of drug-likeness (QED) is 0.0542. The first kappa shape index (κ1) is 59.6. The second-order valence-electron chi connectivity index (χ2n) is 23.7. The first-order valence-corrected chi connectivity index (χ1v) is 27.2. The van der Waals surface area contributed by atoms with Crippen LogP contribution in [0.2, 0.25) is 0 Å². The monoisotopic (exact) mass is 1110 g/mol. The zero-order chi connectivity index (χ0) is 55.7. The number of hydrogen-bond donors (Lipinski definition) is 15. The molecule has 4 aliphatic carbocycles. The van der Waals surface area contributed by atoms with Crippen molar-refractivity contribution in [3.63, 3.8) is 0 Å². The van der Waals surface area contributed by atoms with Crippen LogP contribution in [0, 0.1) is 40.4 Å². The maximum atomic E-state index is 13.8. The van der Waals surface area contributed by atoms with Gasteiger partial charge in [0.25, 0.3) is 0 Å². The fourth-order valence-electron chi connectivity index (χ4n) is 14.8. The third kappa shape index (κ3) is 11.0. The number of carbonyl (C=O) groups is 1. The van der Waals surface area contributed by atoms with Gasteiger partial charge in [-0.2, -0.15) is 0 Å². The minimum absolute atomic E-state index is 0.0214. The third-order valence-corrected chi connectivity index (χ3v) is 19.6. The number of esters is 1. The van der Waals surface area contributed by atoms with Crippen LogP contribution in [-0.4, -0.2) is 257 Å². The van der Waals surface area contributed by atoms with E-state index in [4.69, 9.17) is 42.6 Å². The van der Waals surface area contributed by atoms with Gasteiger partial charge in [-0.05, 0) is 80.5 Å². The number of aliphatic hydroxyl groups excluding tert-OH is 15. The van der Waals surface area contributed by atoms with Gasteiger partial charge in [-0.15, -0.1) is 0 Å². The second-order valence-corrected chi connectivity index (χ2v) is 23.7. The first-order chi connectivity index (χ1) is 36.4. The summed E-state index contributed by atoms with van der Waals surface area (Å²) in [5.74, 6) is 0.357. The van der Waals surface area contributed by atoms with E-state index in [0.717, 1.165) is 43.3 Å². The van der Waals surface area contributed by atoms with Crippen molar-refractivity contribution in [3.8, 4) is 0 Å². The van der Waals surface area contributed by atoms with Crippen molar-refractivity contribution in [3.05, 3.63) is 22.8 Å². The molecule has 0 radical (unpaired) electrons. The van der Waals surface area contributed by atoms with Gasteiger partial charge in [-0.25, -0.2) is 4.79 Å². The van der Waals surface area contributed by atoms with Gasteiger partial charge < -0.3 is 119 Å². The number of fused-ring (bicyclic) bond motifs is 5. The van der Waals surface area contributed by atoms with Crippen LogP contribution in [0.5, 0.6) is 0 Å². The number of ether oxygens (including phenoxy) is 9. The Morgan fingerprint density at radius 1 is 0.610 bits per heavy atom. The number of cyclic esters (lactones) is 1. The van der Waals surface area contributed by atoms with Crippen molar-refractivity contribution in [2.75, 3.05) is 33.0 Å². The van der Waals surface area contributed by atoms with E-state index in [1.54, 1.807) is 0 Å². The zero-order valence-electron chi connectivity index (χ0n) is 43.7. The number of aliphatic hydroxyl groups is 15. The van der Waals surface area contributed by atoms with E-state index in [1.165, 1.54) is 0 Å². The molecule has 0 aromatic carbocycles. The zero-order valence-corrected chi connectivity index (χ0v) is 43.7. The normalized spacial score (nSPS) is 51.8. The molecule has 4 saturated heterocycles. The Kier molecular flexibility index (Phi) is 18.4. The van der Waals surface area contributed by atoms with Gasteiger partial charge in [-0.1, -0.05) is 38.0 Å². The first-order valence-electron chi connectivity index (χ1n) is 27.2. The highest BCUT2D eigenvalue weighted by molar-refractivity contribution is 5.90. The molecule has 0 amide bonds. The summed E-state index contributed by atoms with van der Waals surface area (Å²) >= 11 is 0. The van der Waals surface area contributed by atoms with E-state index in [0.29, 0.717) is 18.8 Å². The van der Waals surface area contributed by atoms with Crippen LogP contribution in [0.3, 0.4) is 0 Å². The maximum Gasteiger partial charge on any atom is 0.336 e. The summed E-state index contributed by atoms with van der Waals surface area (Å²) < 4.78 is 51.8. The fourth-order valence-corrected chi connectivity index (χ4v) is 14.8. The van der Waals surface area contributed by atoms with Crippen LogP contribution < -0.4 is 0 Å². The molecule has 77 heavy (non-hydrogen) atoms. The van der Waals surface area contributed by atoms with E-state index >= 15 is 0 Å². The summed E-state index contributed by atoms with van der Waals surface area (Å²) in [6, 6.07) is 0. The number of allylic oxidation sites excluding steroid dienone is 1. The van der Waals surface area contributed by atoms with Crippen LogP contribution in [0.15, 0.2) is 22.8 Å². The summed E-state index contributed by atoms with van der Waals surface area (Å²) in [4.78, 5) is 13.8. The standard InChI is InChI=1S/C52H82O25/c1-19-11-28(73-46(68)24(19)16-69-47-44(66)40(62)36(58)31(76-47)17-70-48-42(64)38(60)34(56)29(14-53)74-48)20(2)25-7-8-26-23-6-5-21-12-22(13-33(55)52(21,4)27(23)9-10-51(25,26)3)72-50-45(67)41(63)37(59)32(77-50)18-71-49-43(65)39(61)35(57)30(15-54)75-49/h5,20,22-23,25-45,47-50,53-67H,6-18H2,1-4H3/t20-,22+,23+,25+,26+,27-,28+,29+,30+,31+,32+,33-,34+,35+,36+,37+,38-,39-,40-,41-,42+,43+,44+,45+,47+,48+,49+,50+,51+,52-/m1/s1. The topological polar surface area (TPSA) is 404 Å². The highest BCUT2D eigenvalue weighted by Gasteiger charge is 2.62. The molecule has 9 rings (SSSR count). The fraction of sp³-hybridized carbons (Fsp3) is 0.904. The van der Waals surface area contributed by atoms with Crippen molar-refractivity contribution in [2.45, 2.75) is 220 Å². The molecule has 15 N–H and O–H groups in total. The lowest BCUT2D eigenvalue weighted by molar-refractivity contribution is -0.337. The highest BCUT2D eigenvalue weighted by atomic mass is 16.7. The highest BCUT2D eigenvalue weighted by Crippen LogP contribution is 2.67. The Balaban J connectivity index is 0.790. The molecule has 30 atom stereocenters. The van der Waals surface area contributed by atoms with Crippen molar-refractivity contribution in [1.29, 1.82) is 0 Å². The minimum Gasteiger partial charge on any atom is -0.458 e. The van der Waals surface area contributed by atoms with Crippen molar-refractivity contribution in [2.24, 2.45) is 40.4 Å². The van der Waals surface area contributed by atoms with E-state index in [2.05, 4.69) is 26.8 Å². The molecule has 9 aliphatic rings. The summed E-state index contributed by atoms with van der Waals surface area (Å²) in [5, 5.41) is 157. The average molecular weight is 1110 g/mol. The maximum absolute atomic E-state index is 13.8. The summed E-state index contributed by atoms with van der Waals surface area (Å²) in [5.41, 5.74) is 1.32. The van der Waals surface area contributed by atoms with E-state index in [1.807, 2.05) is 6.92 Å². The molecule has 0 spiro atoms. The molecular formula is C52H82O25. The molecule has 5 heterocycles. The molecule has 0 bridgehead atoms. The molecule has 440 valence electrons. The third-order valence-electron chi connectivity index (χ3n) is 19.6. The Morgan fingerprint density at radius 2 is 1.10 bits per heavy atom. The van der Waals surface area contributed by atoms with Gasteiger partial charge in [0.2, 0.25) is 0 Å². The molecule has 0 aromatic heterocycles.